The van der Waals surface area contributed by atoms with Crippen molar-refractivity contribution < 1.29 is 9.47 Å². The molecule has 0 aromatic rings. The normalized spacial score (nSPS) is 40.6. The summed E-state index contributed by atoms with van der Waals surface area (Å²) >= 11 is 0. The molecule has 3 rings (SSSR count). The lowest BCUT2D eigenvalue weighted by Crippen LogP contribution is -2.44. The maximum Gasteiger partial charge on any atom is 0.169 e. The van der Waals surface area contributed by atoms with Gasteiger partial charge >= 0.3 is 0 Å². The fourth-order valence-corrected chi connectivity index (χ4v) is 4.71. The number of hydrogen-bond donors (Lipinski definition) is 0. The third-order valence-electron chi connectivity index (χ3n) is 6.43. The predicted molar refractivity (Wildman–Crippen MR) is 89.9 cm³/mol. The van der Waals surface area contributed by atoms with Crippen LogP contribution in [0.15, 0.2) is 0 Å². The average molecular weight is 309 g/mol. The minimum atomic E-state index is -0.247. The van der Waals surface area contributed by atoms with Crippen molar-refractivity contribution in [2.75, 3.05) is 19.7 Å². The maximum absolute atomic E-state index is 6.47. The Hall–Kier alpha value is -0.120. The van der Waals surface area contributed by atoms with Crippen LogP contribution in [-0.4, -0.2) is 42.5 Å². The second kappa shape index (κ2) is 7.19. The predicted octanol–water partition coefficient (Wildman–Crippen LogP) is 4.21. The molecule has 4 unspecified atom stereocenters. The number of nitrogens with zero attached hydrogens (tertiary/aromatic N) is 1. The highest BCUT2D eigenvalue weighted by Crippen LogP contribution is 2.43. The van der Waals surface area contributed by atoms with E-state index in [9.17, 15) is 0 Å². The molecule has 0 radical (unpaired) electrons. The van der Waals surface area contributed by atoms with Crippen LogP contribution in [0, 0.1) is 11.8 Å². The molecule has 22 heavy (non-hydrogen) atoms. The number of rotatable bonds is 4. The Balaban J connectivity index is 1.53. The van der Waals surface area contributed by atoms with Crippen LogP contribution in [0.2, 0.25) is 0 Å². The SMILES string of the molecule is CCN(CC1COC2(CCC(C)C(C)C2)O1)C1CCCCC1. The van der Waals surface area contributed by atoms with Crippen molar-refractivity contribution in [3.8, 4) is 0 Å². The first-order chi connectivity index (χ1) is 10.6. The van der Waals surface area contributed by atoms with Gasteiger partial charge in [0.05, 0.1) is 12.7 Å². The van der Waals surface area contributed by atoms with Crippen LogP contribution in [0.25, 0.3) is 0 Å². The van der Waals surface area contributed by atoms with Gasteiger partial charge in [0.15, 0.2) is 5.79 Å². The first-order valence-corrected chi connectivity index (χ1v) is 9.68. The van der Waals surface area contributed by atoms with E-state index in [0.717, 1.165) is 44.5 Å². The molecule has 4 atom stereocenters. The highest BCUT2D eigenvalue weighted by atomic mass is 16.7. The lowest BCUT2D eigenvalue weighted by molar-refractivity contribution is -0.203. The number of ether oxygens (including phenoxy) is 2. The highest BCUT2D eigenvalue weighted by molar-refractivity contribution is 4.88. The summed E-state index contributed by atoms with van der Waals surface area (Å²) in [6, 6.07) is 0.782. The topological polar surface area (TPSA) is 21.7 Å². The van der Waals surface area contributed by atoms with Gasteiger partial charge in [-0.2, -0.15) is 0 Å². The molecular formula is C19H35NO2. The molecular weight excluding hydrogens is 274 g/mol. The maximum atomic E-state index is 6.47. The van der Waals surface area contributed by atoms with E-state index in [1.54, 1.807) is 0 Å². The number of hydrogen-bond acceptors (Lipinski definition) is 3. The second-order valence-electron chi connectivity index (χ2n) is 8.04. The summed E-state index contributed by atoms with van der Waals surface area (Å²) in [7, 11) is 0. The van der Waals surface area contributed by atoms with Crippen LogP contribution in [0.3, 0.4) is 0 Å². The van der Waals surface area contributed by atoms with Crippen LogP contribution < -0.4 is 0 Å². The Morgan fingerprint density at radius 2 is 1.82 bits per heavy atom. The number of likely N-dealkylation sites (N-methyl/N-ethyl adjacent to an activating group) is 1. The molecule has 1 heterocycles. The lowest BCUT2D eigenvalue weighted by Gasteiger charge is -2.39. The van der Waals surface area contributed by atoms with E-state index in [0.29, 0.717) is 5.92 Å². The highest BCUT2D eigenvalue weighted by Gasteiger charge is 2.46. The monoisotopic (exact) mass is 309 g/mol. The molecule has 0 N–H and O–H groups in total. The summed E-state index contributed by atoms with van der Waals surface area (Å²) < 4.78 is 12.7. The second-order valence-corrected chi connectivity index (χ2v) is 8.04. The summed E-state index contributed by atoms with van der Waals surface area (Å²) in [4.78, 5) is 2.65. The Bertz CT molecular complexity index is 355. The lowest BCUT2D eigenvalue weighted by atomic mass is 9.78. The fourth-order valence-electron chi connectivity index (χ4n) is 4.71. The Morgan fingerprint density at radius 1 is 1.05 bits per heavy atom. The zero-order valence-corrected chi connectivity index (χ0v) is 14.9. The van der Waals surface area contributed by atoms with Crippen LogP contribution in [-0.2, 0) is 9.47 Å². The third kappa shape index (κ3) is 3.68. The van der Waals surface area contributed by atoms with E-state index in [2.05, 4.69) is 25.7 Å². The Morgan fingerprint density at radius 3 is 2.50 bits per heavy atom. The van der Waals surface area contributed by atoms with E-state index in [4.69, 9.17) is 9.47 Å². The van der Waals surface area contributed by atoms with Crippen molar-refractivity contribution >= 4 is 0 Å². The van der Waals surface area contributed by atoms with Gasteiger partial charge in [0.1, 0.15) is 0 Å². The van der Waals surface area contributed by atoms with E-state index in [1.807, 2.05) is 0 Å². The van der Waals surface area contributed by atoms with Crippen molar-refractivity contribution in [1.82, 2.24) is 4.90 Å². The molecule has 1 spiro atoms. The van der Waals surface area contributed by atoms with Crippen LogP contribution in [0.4, 0.5) is 0 Å². The molecule has 3 heteroatoms. The molecule has 128 valence electrons. The van der Waals surface area contributed by atoms with Gasteiger partial charge in [-0.3, -0.25) is 4.90 Å². The molecule has 2 aliphatic carbocycles. The van der Waals surface area contributed by atoms with Gasteiger partial charge < -0.3 is 9.47 Å². The van der Waals surface area contributed by atoms with E-state index >= 15 is 0 Å². The molecule has 1 aliphatic heterocycles. The molecule has 3 fully saturated rings. The molecule has 0 aromatic carbocycles. The average Bonchev–Trinajstić information content (AvgIpc) is 2.92. The zero-order valence-electron chi connectivity index (χ0n) is 14.9. The zero-order chi connectivity index (χ0) is 15.6. The quantitative estimate of drug-likeness (QED) is 0.776. The van der Waals surface area contributed by atoms with Gasteiger partial charge in [0, 0.05) is 25.4 Å². The van der Waals surface area contributed by atoms with Crippen molar-refractivity contribution in [2.45, 2.75) is 90.1 Å². The van der Waals surface area contributed by atoms with Crippen LogP contribution in [0.1, 0.15) is 72.1 Å². The largest absolute Gasteiger partial charge is 0.347 e. The van der Waals surface area contributed by atoms with Gasteiger partial charge in [0.25, 0.3) is 0 Å². The van der Waals surface area contributed by atoms with Crippen molar-refractivity contribution in [3.05, 3.63) is 0 Å². The summed E-state index contributed by atoms with van der Waals surface area (Å²) in [6.45, 7) is 10.0. The van der Waals surface area contributed by atoms with Gasteiger partial charge in [-0.1, -0.05) is 40.0 Å². The smallest absolute Gasteiger partial charge is 0.169 e. The Labute approximate surface area is 136 Å². The molecule has 1 saturated heterocycles. The molecule has 3 aliphatic rings. The van der Waals surface area contributed by atoms with Crippen molar-refractivity contribution in [1.29, 1.82) is 0 Å². The standard InChI is InChI=1S/C19H35NO2/c1-4-20(17-8-6-5-7-9-17)13-18-14-21-19(22-18)11-10-15(2)16(3)12-19/h15-18H,4-14H2,1-3H3. The molecule has 0 amide bonds. The van der Waals surface area contributed by atoms with E-state index in [1.165, 1.54) is 38.5 Å². The van der Waals surface area contributed by atoms with Crippen molar-refractivity contribution in [3.63, 3.8) is 0 Å². The Kier molecular flexibility index (Phi) is 5.47. The van der Waals surface area contributed by atoms with Gasteiger partial charge in [-0.25, -0.2) is 0 Å². The molecule has 3 nitrogen and oxygen atoms in total. The van der Waals surface area contributed by atoms with Gasteiger partial charge in [-0.05, 0) is 37.6 Å². The summed E-state index contributed by atoms with van der Waals surface area (Å²) in [6.07, 6.45) is 10.7. The summed E-state index contributed by atoms with van der Waals surface area (Å²) in [5.74, 6) is 1.28. The van der Waals surface area contributed by atoms with E-state index in [-0.39, 0.29) is 11.9 Å². The van der Waals surface area contributed by atoms with Gasteiger partial charge in [0.2, 0.25) is 0 Å². The minimum absolute atomic E-state index is 0.247. The third-order valence-corrected chi connectivity index (χ3v) is 6.43. The van der Waals surface area contributed by atoms with Gasteiger partial charge in [-0.15, -0.1) is 0 Å². The van der Waals surface area contributed by atoms with Crippen molar-refractivity contribution in [2.24, 2.45) is 11.8 Å². The van der Waals surface area contributed by atoms with E-state index < -0.39 is 0 Å². The molecule has 2 saturated carbocycles. The van der Waals surface area contributed by atoms with Crippen LogP contribution in [0.5, 0.6) is 0 Å². The molecule has 0 bridgehead atoms. The summed E-state index contributed by atoms with van der Waals surface area (Å²) in [5.41, 5.74) is 0. The minimum Gasteiger partial charge on any atom is -0.347 e. The first kappa shape index (κ1) is 16.7. The fraction of sp³-hybridized carbons (Fsp3) is 1.00. The first-order valence-electron chi connectivity index (χ1n) is 9.68. The van der Waals surface area contributed by atoms with Crippen LogP contribution >= 0.6 is 0 Å². The molecule has 0 aromatic heterocycles. The summed E-state index contributed by atoms with van der Waals surface area (Å²) in [5, 5.41) is 0.